The van der Waals surface area contributed by atoms with Gasteiger partial charge in [0, 0.05) is 19.2 Å². The molecule has 0 aliphatic carbocycles. The lowest BCUT2D eigenvalue weighted by atomic mass is 10.1. The first kappa shape index (κ1) is 15.2. The molecule has 2 rings (SSSR count). The Bertz CT molecular complexity index is 547. The van der Waals surface area contributed by atoms with Gasteiger partial charge in [0.2, 0.25) is 0 Å². The number of morpholine rings is 1. The zero-order chi connectivity index (χ0) is 15.4. The van der Waals surface area contributed by atoms with E-state index in [1.165, 1.54) is 6.07 Å². The number of nitro groups is 1. The lowest BCUT2D eigenvalue weighted by molar-refractivity contribution is -0.385. The van der Waals surface area contributed by atoms with Gasteiger partial charge in [0.1, 0.15) is 0 Å². The summed E-state index contributed by atoms with van der Waals surface area (Å²) < 4.78 is 5.52. The summed E-state index contributed by atoms with van der Waals surface area (Å²) in [5.74, 6) is 0. The highest BCUT2D eigenvalue weighted by atomic mass is 16.6. The van der Waals surface area contributed by atoms with E-state index in [0.717, 1.165) is 6.42 Å². The maximum atomic E-state index is 12.3. The molecule has 0 radical (unpaired) electrons. The molecule has 1 aliphatic heterocycles. The fraction of sp³-hybridized carbons (Fsp3) is 0.500. The van der Waals surface area contributed by atoms with Crippen molar-refractivity contribution in [2.45, 2.75) is 26.4 Å². The third-order valence-electron chi connectivity index (χ3n) is 3.62. The maximum absolute atomic E-state index is 12.3. The Hall–Kier alpha value is -2.15. The molecule has 1 aliphatic rings. The van der Waals surface area contributed by atoms with Gasteiger partial charge in [-0.15, -0.1) is 0 Å². The van der Waals surface area contributed by atoms with Crippen LogP contribution < -0.4 is 5.32 Å². The van der Waals surface area contributed by atoms with Crippen LogP contribution in [0.2, 0.25) is 0 Å². The molecule has 1 fully saturated rings. The number of nitrogens with zero attached hydrogens (tertiary/aromatic N) is 2. The van der Waals surface area contributed by atoms with Crippen LogP contribution in [0.5, 0.6) is 0 Å². The van der Waals surface area contributed by atoms with Crippen molar-refractivity contribution in [3.8, 4) is 0 Å². The molecule has 21 heavy (non-hydrogen) atoms. The standard InChI is InChI=1S/C14H19N3O4/c1-3-11-9-16(7-8-21-11)14(18)15-12-5-4-6-13(10(12)2)17(19)20/h4-6,11H,3,7-9H2,1-2H3,(H,15,18). The van der Waals surface area contributed by atoms with Gasteiger partial charge in [0.05, 0.1) is 28.9 Å². The van der Waals surface area contributed by atoms with Crippen LogP contribution in [0.3, 0.4) is 0 Å². The van der Waals surface area contributed by atoms with Crippen molar-refractivity contribution in [3.05, 3.63) is 33.9 Å². The van der Waals surface area contributed by atoms with Gasteiger partial charge in [0.15, 0.2) is 0 Å². The highest BCUT2D eigenvalue weighted by Crippen LogP contribution is 2.25. The number of nitro benzene ring substituents is 1. The maximum Gasteiger partial charge on any atom is 0.322 e. The predicted molar refractivity (Wildman–Crippen MR) is 78.5 cm³/mol. The van der Waals surface area contributed by atoms with Crippen LogP contribution in [-0.4, -0.2) is 41.7 Å². The molecule has 1 atom stereocenters. The van der Waals surface area contributed by atoms with Crippen LogP contribution in [0.1, 0.15) is 18.9 Å². The van der Waals surface area contributed by atoms with E-state index in [9.17, 15) is 14.9 Å². The van der Waals surface area contributed by atoms with Crippen LogP contribution in [-0.2, 0) is 4.74 Å². The number of urea groups is 1. The minimum absolute atomic E-state index is 0.00112. The molecular weight excluding hydrogens is 274 g/mol. The van der Waals surface area contributed by atoms with Crippen molar-refractivity contribution < 1.29 is 14.5 Å². The van der Waals surface area contributed by atoms with Gasteiger partial charge >= 0.3 is 6.03 Å². The molecule has 7 nitrogen and oxygen atoms in total. The largest absolute Gasteiger partial charge is 0.375 e. The lowest BCUT2D eigenvalue weighted by Crippen LogP contribution is -2.47. The first-order valence-electron chi connectivity index (χ1n) is 6.94. The molecule has 2 amide bonds. The number of carbonyl (C=O) groups is 1. The fourth-order valence-corrected chi connectivity index (χ4v) is 2.30. The van der Waals surface area contributed by atoms with E-state index in [1.54, 1.807) is 24.0 Å². The average molecular weight is 293 g/mol. The highest BCUT2D eigenvalue weighted by molar-refractivity contribution is 5.90. The average Bonchev–Trinajstić information content (AvgIpc) is 2.49. The summed E-state index contributed by atoms with van der Waals surface area (Å²) in [6.45, 7) is 5.21. The minimum Gasteiger partial charge on any atom is -0.375 e. The number of anilines is 1. The molecular formula is C14H19N3O4. The number of hydrogen-bond donors (Lipinski definition) is 1. The number of rotatable bonds is 3. The van der Waals surface area contributed by atoms with Crippen molar-refractivity contribution in [2.75, 3.05) is 25.0 Å². The first-order chi connectivity index (χ1) is 10.0. The normalized spacial score (nSPS) is 18.4. The molecule has 1 aromatic carbocycles. The van der Waals surface area contributed by atoms with E-state index in [1.807, 2.05) is 6.92 Å². The number of nitrogens with one attached hydrogen (secondary N) is 1. The van der Waals surface area contributed by atoms with Crippen molar-refractivity contribution in [2.24, 2.45) is 0 Å². The number of ether oxygens (including phenoxy) is 1. The molecule has 0 saturated carbocycles. The second-order valence-corrected chi connectivity index (χ2v) is 4.98. The third-order valence-corrected chi connectivity index (χ3v) is 3.62. The molecule has 1 aromatic rings. The quantitative estimate of drug-likeness (QED) is 0.685. The Balaban J connectivity index is 2.09. The van der Waals surface area contributed by atoms with Gasteiger partial charge in [-0.2, -0.15) is 0 Å². The molecule has 1 heterocycles. The van der Waals surface area contributed by atoms with E-state index < -0.39 is 4.92 Å². The van der Waals surface area contributed by atoms with Crippen molar-refractivity contribution in [1.29, 1.82) is 0 Å². The van der Waals surface area contributed by atoms with E-state index in [4.69, 9.17) is 4.74 Å². The molecule has 114 valence electrons. The van der Waals surface area contributed by atoms with Crippen LogP contribution in [0, 0.1) is 17.0 Å². The molecule has 0 spiro atoms. The molecule has 0 aromatic heterocycles. The van der Waals surface area contributed by atoms with E-state index in [-0.39, 0.29) is 17.8 Å². The van der Waals surface area contributed by atoms with Crippen molar-refractivity contribution in [3.63, 3.8) is 0 Å². The number of amides is 2. The summed E-state index contributed by atoms with van der Waals surface area (Å²) in [6, 6.07) is 4.40. The van der Waals surface area contributed by atoms with E-state index in [0.29, 0.717) is 30.9 Å². The Morgan fingerprint density at radius 2 is 2.33 bits per heavy atom. The molecule has 1 unspecified atom stereocenters. The van der Waals surface area contributed by atoms with Gasteiger partial charge in [0.25, 0.3) is 5.69 Å². The summed E-state index contributed by atoms with van der Waals surface area (Å²) in [5, 5.41) is 13.7. The third kappa shape index (κ3) is 3.49. The lowest BCUT2D eigenvalue weighted by Gasteiger charge is -2.32. The van der Waals surface area contributed by atoms with Gasteiger partial charge in [-0.25, -0.2) is 4.79 Å². The van der Waals surface area contributed by atoms with Crippen molar-refractivity contribution in [1.82, 2.24) is 4.90 Å². The molecule has 1 N–H and O–H groups in total. The fourth-order valence-electron chi connectivity index (χ4n) is 2.30. The predicted octanol–water partition coefficient (Wildman–Crippen LogP) is 2.55. The Morgan fingerprint density at radius 3 is 3.00 bits per heavy atom. The number of benzene rings is 1. The summed E-state index contributed by atoms with van der Waals surface area (Å²) in [6.07, 6.45) is 0.898. The first-order valence-corrected chi connectivity index (χ1v) is 6.94. The topological polar surface area (TPSA) is 84.7 Å². The van der Waals surface area contributed by atoms with Crippen LogP contribution in [0.25, 0.3) is 0 Å². The van der Waals surface area contributed by atoms with Gasteiger partial charge in [-0.3, -0.25) is 10.1 Å². The summed E-state index contributed by atoms with van der Waals surface area (Å²) in [4.78, 5) is 24.4. The second kappa shape index (κ2) is 6.53. The molecule has 0 bridgehead atoms. The van der Waals surface area contributed by atoms with E-state index in [2.05, 4.69) is 5.32 Å². The van der Waals surface area contributed by atoms with Gasteiger partial charge in [-0.1, -0.05) is 13.0 Å². The minimum atomic E-state index is -0.452. The van der Waals surface area contributed by atoms with Crippen LogP contribution in [0.15, 0.2) is 18.2 Å². The highest BCUT2D eigenvalue weighted by Gasteiger charge is 2.24. The van der Waals surface area contributed by atoms with E-state index >= 15 is 0 Å². The summed E-state index contributed by atoms with van der Waals surface area (Å²) in [5.41, 5.74) is 0.922. The Kier molecular flexibility index (Phi) is 4.74. The summed E-state index contributed by atoms with van der Waals surface area (Å²) >= 11 is 0. The van der Waals surface area contributed by atoms with Gasteiger partial charge in [-0.05, 0) is 19.4 Å². The zero-order valence-electron chi connectivity index (χ0n) is 12.2. The SMILES string of the molecule is CCC1CN(C(=O)Nc2cccc([N+](=O)[O-])c2C)CCO1. The molecule has 1 saturated heterocycles. The van der Waals surface area contributed by atoms with Crippen LogP contribution >= 0.6 is 0 Å². The second-order valence-electron chi connectivity index (χ2n) is 4.98. The zero-order valence-corrected chi connectivity index (χ0v) is 12.2. The Labute approximate surface area is 123 Å². The molecule has 7 heteroatoms. The van der Waals surface area contributed by atoms with Crippen molar-refractivity contribution >= 4 is 17.4 Å². The van der Waals surface area contributed by atoms with Gasteiger partial charge < -0.3 is 15.0 Å². The number of carbonyl (C=O) groups excluding carboxylic acids is 1. The summed E-state index contributed by atoms with van der Waals surface area (Å²) in [7, 11) is 0. The van der Waals surface area contributed by atoms with Crippen LogP contribution in [0.4, 0.5) is 16.2 Å². The smallest absolute Gasteiger partial charge is 0.322 e. The monoisotopic (exact) mass is 293 g/mol. The number of hydrogen-bond acceptors (Lipinski definition) is 4. The Morgan fingerprint density at radius 1 is 1.57 bits per heavy atom.